The highest BCUT2D eigenvalue weighted by molar-refractivity contribution is 7.11. The largest absolute Gasteiger partial charge is 0.144 e. The fourth-order valence-electron chi connectivity index (χ4n) is 0.600. The summed E-state index contributed by atoms with van der Waals surface area (Å²) >= 11 is 1.67. The summed E-state index contributed by atoms with van der Waals surface area (Å²) in [6.07, 6.45) is 0. The molecular formula is C11H24N2S. The van der Waals surface area contributed by atoms with E-state index in [2.05, 4.69) is 31.0 Å². The summed E-state index contributed by atoms with van der Waals surface area (Å²) in [6, 6.07) is 0. The standard InChI is InChI=1S/C7H12N2S.2C2H6/c1-5-8-9-6(10-5)7(2,3)4;2*1-2/h1-4H3;2*1-2H3. The molecule has 0 radical (unpaired) electrons. The van der Waals surface area contributed by atoms with Gasteiger partial charge in [0.25, 0.3) is 0 Å². The summed E-state index contributed by atoms with van der Waals surface area (Å²) in [5.74, 6) is 0. The van der Waals surface area contributed by atoms with E-state index in [4.69, 9.17) is 0 Å². The summed E-state index contributed by atoms with van der Waals surface area (Å²) in [5.41, 5.74) is 0.159. The summed E-state index contributed by atoms with van der Waals surface area (Å²) in [4.78, 5) is 0. The van der Waals surface area contributed by atoms with Gasteiger partial charge in [-0.3, -0.25) is 0 Å². The lowest BCUT2D eigenvalue weighted by Crippen LogP contribution is -2.10. The van der Waals surface area contributed by atoms with Crippen molar-refractivity contribution in [1.29, 1.82) is 0 Å². The Kier molecular flexibility index (Phi) is 9.05. The van der Waals surface area contributed by atoms with Crippen LogP contribution in [0.1, 0.15) is 58.5 Å². The number of nitrogens with zero attached hydrogens (tertiary/aromatic N) is 2. The Morgan fingerprint density at radius 1 is 0.929 bits per heavy atom. The molecular weight excluding hydrogens is 192 g/mol. The summed E-state index contributed by atoms with van der Waals surface area (Å²) < 4.78 is 0. The molecule has 0 atom stereocenters. The van der Waals surface area contributed by atoms with Crippen molar-refractivity contribution in [2.45, 2.75) is 60.8 Å². The zero-order valence-corrected chi connectivity index (χ0v) is 11.6. The molecule has 0 aromatic carbocycles. The Morgan fingerprint density at radius 2 is 1.36 bits per heavy atom. The second-order valence-electron chi connectivity index (χ2n) is 3.38. The molecule has 0 aliphatic heterocycles. The molecule has 0 N–H and O–H groups in total. The molecule has 1 aromatic heterocycles. The average molecular weight is 216 g/mol. The normalized spacial score (nSPS) is 9.43. The first kappa shape index (κ1) is 16.0. The highest BCUT2D eigenvalue weighted by Crippen LogP contribution is 2.24. The fourth-order valence-corrected chi connectivity index (χ4v) is 1.35. The first-order valence-corrected chi connectivity index (χ1v) is 6.12. The van der Waals surface area contributed by atoms with Gasteiger partial charge in [0.1, 0.15) is 10.0 Å². The van der Waals surface area contributed by atoms with E-state index in [0.717, 1.165) is 10.0 Å². The van der Waals surface area contributed by atoms with Crippen LogP contribution in [-0.4, -0.2) is 10.2 Å². The minimum Gasteiger partial charge on any atom is -0.144 e. The van der Waals surface area contributed by atoms with Crippen molar-refractivity contribution in [2.24, 2.45) is 0 Å². The van der Waals surface area contributed by atoms with Gasteiger partial charge in [0, 0.05) is 5.41 Å². The molecule has 1 heterocycles. The maximum Gasteiger partial charge on any atom is 0.122 e. The van der Waals surface area contributed by atoms with Crippen LogP contribution in [0.5, 0.6) is 0 Å². The van der Waals surface area contributed by atoms with E-state index in [1.165, 1.54) is 0 Å². The quantitative estimate of drug-likeness (QED) is 0.649. The van der Waals surface area contributed by atoms with Crippen LogP contribution in [0.4, 0.5) is 0 Å². The SMILES string of the molecule is CC.CC.Cc1nnc(C(C)(C)C)s1. The molecule has 2 nitrogen and oxygen atoms in total. The Bertz CT molecular complexity index is 223. The molecule has 1 rings (SSSR count). The second kappa shape index (κ2) is 7.92. The van der Waals surface area contributed by atoms with E-state index in [9.17, 15) is 0 Å². The third kappa shape index (κ3) is 6.08. The number of rotatable bonds is 0. The smallest absolute Gasteiger partial charge is 0.122 e. The van der Waals surface area contributed by atoms with Gasteiger partial charge < -0.3 is 0 Å². The van der Waals surface area contributed by atoms with Crippen molar-refractivity contribution in [3.8, 4) is 0 Å². The van der Waals surface area contributed by atoms with Crippen molar-refractivity contribution < 1.29 is 0 Å². The number of hydrogen-bond acceptors (Lipinski definition) is 3. The van der Waals surface area contributed by atoms with Gasteiger partial charge >= 0.3 is 0 Å². The van der Waals surface area contributed by atoms with E-state index in [1.54, 1.807) is 11.3 Å². The van der Waals surface area contributed by atoms with Crippen molar-refractivity contribution in [2.75, 3.05) is 0 Å². The molecule has 14 heavy (non-hydrogen) atoms. The lowest BCUT2D eigenvalue weighted by atomic mass is 9.98. The third-order valence-corrected chi connectivity index (χ3v) is 2.43. The lowest BCUT2D eigenvalue weighted by molar-refractivity contribution is 0.578. The Morgan fingerprint density at radius 3 is 1.50 bits per heavy atom. The maximum absolute atomic E-state index is 4.06. The predicted octanol–water partition coefficient (Wildman–Crippen LogP) is 4.20. The number of aryl methyl sites for hydroxylation is 1. The van der Waals surface area contributed by atoms with Crippen LogP contribution >= 0.6 is 11.3 Å². The Hall–Kier alpha value is -0.440. The summed E-state index contributed by atoms with van der Waals surface area (Å²) in [5, 5.41) is 10.2. The molecule has 0 unspecified atom stereocenters. The maximum atomic E-state index is 4.06. The molecule has 0 saturated heterocycles. The van der Waals surface area contributed by atoms with E-state index in [1.807, 2.05) is 34.6 Å². The van der Waals surface area contributed by atoms with Crippen molar-refractivity contribution in [1.82, 2.24) is 10.2 Å². The lowest BCUT2D eigenvalue weighted by Gasteiger charge is -2.12. The molecule has 3 heteroatoms. The summed E-state index contributed by atoms with van der Waals surface area (Å²) in [6.45, 7) is 16.4. The highest BCUT2D eigenvalue weighted by Gasteiger charge is 2.17. The van der Waals surface area contributed by atoms with Crippen LogP contribution in [0, 0.1) is 6.92 Å². The number of hydrogen-bond donors (Lipinski definition) is 0. The molecule has 1 aromatic rings. The van der Waals surface area contributed by atoms with Gasteiger partial charge in [-0.2, -0.15) is 0 Å². The van der Waals surface area contributed by atoms with Crippen LogP contribution in [0.15, 0.2) is 0 Å². The second-order valence-corrected chi connectivity index (χ2v) is 4.56. The van der Waals surface area contributed by atoms with Gasteiger partial charge in [0.15, 0.2) is 0 Å². The van der Waals surface area contributed by atoms with Crippen LogP contribution in [-0.2, 0) is 5.41 Å². The molecule has 0 aliphatic carbocycles. The van der Waals surface area contributed by atoms with Gasteiger partial charge in [-0.1, -0.05) is 48.5 Å². The van der Waals surface area contributed by atoms with Crippen LogP contribution in [0.2, 0.25) is 0 Å². The summed E-state index contributed by atoms with van der Waals surface area (Å²) in [7, 11) is 0. The van der Waals surface area contributed by atoms with Crippen LogP contribution in [0.3, 0.4) is 0 Å². The third-order valence-electron chi connectivity index (χ3n) is 1.17. The van der Waals surface area contributed by atoms with Crippen LogP contribution in [0.25, 0.3) is 0 Å². The molecule has 0 bridgehead atoms. The topological polar surface area (TPSA) is 25.8 Å². The van der Waals surface area contributed by atoms with Crippen molar-refractivity contribution in [3.05, 3.63) is 10.0 Å². The molecule has 84 valence electrons. The van der Waals surface area contributed by atoms with E-state index in [0.29, 0.717) is 0 Å². The zero-order chi connectivity index (χ0) is 11.8. The number of aromatic nitrogens is 2. The van der Waals surface area contributed by atoms with Gasteiger partial charge in [-0.15, -0.1) is 21.5 Å². The van der Waals surface area contributed by atoms with Gasteiger partial charge in [-0.05, 0) is 6.92 Å². The Balaban J connectivity index is 0. The highest BCUT2D eigenvalue weighted by atomic mass is 32.1. The fraction of sp³-hybridized carbons (Fsp3) is 0.818. The molecule has 0 fully saturated rings. The van der Waals surface area contributed by atoms with Gasteiger partial charge in [-0.25, -0.2) is 0 Å². The van der Waals surface area contributed by atoms with Crippen molar-refractivity contribution >= 4 is 11.3 Å². The van der Waals surface area contributed by atoms with E-state index in [-0.39, 0.29) is 5.41 Å². The van der Waals surface area contributed by atoms with Gasteiger partial charge in [0.05, 0.1) is 0 Å². The molecule has 0 spiro atoms. The first-order valence-electron chi connectivity index (χ1n) is 5.31. The van der Waals surface area contributed by atoms with Gasteiger partial charge in [0.2, 0.25) is 0 Å². The van der Waals surface area contributed by atoms with E-state index >= 15 is 0 Å². The molecule has 0 saturated carbocycles. The van der Waals surface area contributed by atoms with E-state index < -0.39 is 0 Å². The monoisotopic (exact) mass is 216 g/mol. The first-order chi connectivity index (χ1) is 6.50. The predicted molar refractivity (Wildman–Crippen MR) is 66.0 cm³/mol. The minimum absolute atomic E-state index is 0.159. The average Bonchev–Trinajstić information content (AvgIpc) is 2.58. The van der Waals surface area contributed by atoms with Crippen LogP contribution < -0.4 is 0 Å². The Labute approximate surface area is 92.8 Å². The molecule has 0 aliphatic rings. The van der Waals surface area contributed by atoms with Crippen molar-refractivity contribution in [3.63, 3.8) is 0 Å². The molecule has 0 amide bonds. The minimum atomic E-state index is 0.159. The zero-order valence-electron chi connectivity index (χ0n) is 10.8.